The van der Waals surface area contributed by atoms with Crippen LogP contribution < -0.4 is 0 Å². The Bertz CT molecular complexity index is 1730. The van der Waals surface area contributed by atoms with Crippen LogP contribution in [0.5, 0.6) is 0 Å². The van der Waals surface area contributed by atoms with Crippen molar-refractivity contribution in [3.8, 4) is 0 Å². The number of aliphatic hydroxyl groups is 2. The average molecular weight is 547 g/mol. The van der Waals surface area contributed by atoms with Gasteiger partial charge in [-0.15, -0.1) is 0 Å². The van der Waals surface area contributed by atoms with Crippen LogP contribution >= 0.6 is 0 Å². The summed E-state index contributed by atoms with van der Waals surface area (Å²) in [6.45, 7) is 5.68. The maximum Gasteiger partial charge on any atom is 0.197 e. The molecule has 6 heteroatoms. The Morgan fingerprint density at radius 2 is 1.27 bits per heavy atom. The van der Waals surface area contributed by atoms with Crippen LogP contribution in [0.15, 0.2) is 90.0 Å². The molecule has 3 aliphatic carbocycles. The molecule has 0 heterocycles. The zero-order chi connectivity index (χ0) is 29.7. The molecule has 6 nitrogen and oxygen atoms in total. The second-order valence-corrected chi connectivity index (χ2v) is 11.4. The fraction of sp³-hybridized carbons (Fsp3) is 0.200. The third kappa shape index (κ3) is 5.20. The number of rotatable bonds is 4. The Kier molecular flexibility index (Phi) is 6.93. The van der Waals surface area contributed by atoms with Crippen LogP contribution in [0.2, 0.25) is 0 Å². The highest BCUT2D eigenvalue weighted by Gasteiger charge is 2.36. The Labute approximate surface area is 238 Å². The molecule has 0 spiro atoms. The zero-order valence-corrected chi connectivity index (χ0v) is 23.3. The molecular weight excluding hydrogens is 516 g/mol. The summed E-state index contributed by atoms with van der Waals surface area (Å²) in [7, 11) is 0. The minimum atomic E-state index is -1.54. The summed E-state index contributed by atoms with van der Waals surface area (Å²) >= 11 is 0. The quantitative estimate of drug-likeness (QED) is 0.273. The number of ketones is 4. The van der Waals surface area contributed by atoms with E-state index in [9.17, 15) is 29.4 Å². The maximum absolute atomic E-state index is 12.6. The molecule has 2 N–H and O–H groups in total. The first-order valence-corrected chi connectivity index (χ1v) is 13.4. The van der Waals surface area contributed by atoms with Gasteiger partial charge < -0.3 is 10.2 Å². The van der Waals surface area contributed by atoms with Crippen LogP contribution in [0, 0.1) is 0 Å². The highest BCUT2D eigenvalue weighted by Crippen LogP contribution is 2.39. The van der Waals surface area contributed by atoms with Gasteiger partial charge in [0, 0.05) is 22.3 Å². The Morgan fingerprint density at radius 3 is 1.95 bits per heavy atom. The van der Waals surface area contributed by atoms with Gasteiger partial charge in [0.25, 0.3) is 0 Å². The number of carbonyl (C=O) groups is 4. The number of fused-ring (bicyclic) bond motifs is 5. The van der Waals surface area contributed by atoms with E-state index in [1.165, 1.54) is 33.8 Å². The predicted molar refractivity (Wildman–Crippen MR) is 157 cm³/mol. The molecule has 3 aliphatic rings. The first-order chi connectivity index (χ1) is 19.3. The second kappa shape index (κ2) is 10.1. The fourth-order valence-electron chi connectivity index (χ4n) is 5.19. The molecule has 0 fully saturated rings. The molecule has 3 aromatic carbocycles. The SMILES string of the molecule is CC(C)(O)C(=O)C1=CC=C2C(=Cc3ccccc32)C1=O.CC(C)(O)C(=O)c1ccc2c(c1)C(=O)c1ccccc1C2. The number of Topliss-reactive ketones (excluding diaryl/α,β-unsaturated/α-hetero) is 3. The molecule has 0 unspecified atom stereocenters. The highest BCUT2D eigenvalue weighted by molar-refractivity contribution is 6.36. The van der Waals surface area contributed by atoms with Gasteiger partial charge in [0.05, 0.1) is 5.57 Å². The summed E-state index contributed by atoms with van der Waals surface area (Å²) < 4.78 is 0. The van der Waals surface area contributed by atoms with Gasteiger partial charge in [0.2, 0.25) is 0 Å². The minimum Gasteiger partial charge on any atom is -0.382 e. The molecule has 3 aromatic rings. The molecule has 0 saturated carbocycles. The van der Waals surface area contributed by atoms with Gasteiger partial charge >= 0.3 is 0 Å². The van der Waals surface area contributed by atoms with Gasteiger partial charge in [-0.25, -0.2) is 0 Å². The number of carbonyl (C=O) groups excluding carboxylic acids is 4. The van der Waals surface area contributed by atoms with Crippen molar-refractivity contribution in [2.45, 2.75) is 45.3 Å². The molecule has 206 valence electrons. The van der Waals surface area contributed by atoms with Crippen LogP contribution in [0.1, 0.15) is 76.2 Å². The molecule has 6 rings (SSSR count). The normalized spacial score (nSPS) is 15.2. The van der Waals surface area contributed by atoms with Gasteiger partial charge in [-0.1, -0.05) is 66.7 Å². The first kappa shape index (κ1) is 28.0. The molecular formula is C35H30O6. The standard InChI is InChI=1S/C18H16O3.C17H14O3/c1-18(2,21)17(20)13-8-7-12-9-11-5-3-4-6-14(11)16(19)15(12)10-13;1-17(2,20)16(19)13-8-7-12-11-6-4-3-5-10(11)9-14(12)15(13)18/h3-8,10,21H,9H2,1-2H3;3-9,20H,1-2H3. The predicted octanol–water partition coefficient (Wildman–Crippen LogP) is 5.09. The Morgan fingerprint density at radius 1 is 0.659 bits per heavy atom. The zero-order valence-electron chi connectivity index (χ0n) is 23.3. The van der Waals surface area contributed by atoms with Gasteiger partial charge in [0.1, 0.15) is 11.2 Å². The van der Waals surface area contributed by atoms with Crippen molar-refractivity contribution in [2.75, 3.05) is 0 Å². The number of allylic oxidation sites excluding steroid dienone is 4. The molecule has 0 atom stereocenters. The third-order valence-electron chi connectivity index (χ3n) is 7.36. The molecule has 0 saturated heterocycles. The minimum absolute atomic E-state index is 0.0420. The van der Waals surface area contributed by atoms with Gasteiger partial charge in [-0.2, -0.15) is 0 Å². The van der Waals surface area contributed by atoms with E-state index in [1.807, 2.05) is 54.6 Å². The van der Waals surface area contributed by atoms with Crippen molar-refractivity contribution in [1.82, 2.24) is 0 Å². The lowest BCUT2D eigenvalue weighted by molar-refractivity contribution is -0.131. The van der Waals surface area contributed by atoms with E-state index in [4.69, 9.17) is 0 Å². The van der Waals surface area contributed by atoms with Gasteiger partial charge in [-0.05, 0) is 80.2 Å². The van der Waals surface area contributed by atoms with Crippen molar-refractivity contribution in [3.05, 3.63) is 129 Å². The van der Waals surface area contributed by atoms with Crippen molar-refractivity contribution in [2.24, 2.45) is 0 Å². The van der Waals surface area contributed by atoms with E-state index in [-0.39, 0.29) is 22.9 Å². The molecule has 0 radical (unpaired) electrons. The molecule has 0 aliphatic heterocycles. The van der Waals surface area contributed by atoms with Crippen LogP contribution in [0.25, 0.3) is 11.6 Å². The lowest BCUT2D eigenvalue weighted by atomic mass is 9.83. The summed E-state index contributed by atoms with van der Waals surface area (Å²) in [6, 6.07) is 20.3. The number of hydrogen-bond acceptors (Lipinski definition) is 6. The Hall–Kier alpha value is -4.52. The first-order valence-electron chi connectivity index (χ1n) is 13.4. The summed E-state index contributed by atoms with van der Waals surface area (Å²) in [5.74, 6) is -1.30. The highest BCUT2D eigenvalue weighted by atomic mass is 16.3. The smallest absolute Gasteiger partial charge is 0.197 e. The van der Waals surface area contributed by atoms with Crippen LogP contribution in [0.3, 0.4) is 0 Å². The monoisotopic (exact) mass is 546 g/mol. The largest absolute Gasteiger partial charge is 0.382 e. The summed E-state index contributed by atoms with van der Waals surface area (Å²) in [4.78, 5) is 49.3. The topological polar surface area (TPSA) is 109 Å². The van der Waals surface area contributed by atoms with E-state index in [0.29, 0.717) is 28.7 Å². The number of hydrogen-bond donors (Lipinski definition) is 2. The molecule has 41 heavy (non-hydrogen) atoms. The average Bonchev–Trinajstić information content (AvgIpc) is 3.32. The van der Waals surface area contributed by atoms with Crippen LogP contribution in [0.4, 0.5) is 0 Å². The van der Waals surface area contributed by atoms with Gasteiger partial charge in [-0.3, -0.25) is 19.2 Å². The Balaban J connectivity index is 0.000000165. The second-order valence-electron chi connectivity index (χ2n) is 11.4. The summed E-state index contributed by atoms with van der Waals surface area (Å²) in [5.41, 5.74) is 3.97. The lowest BCUT2D eigenvalue weighted by Crippen LogP contribution is -2.35. The van der Waals surface area contributed by atoms with Crippen molar-refractivity contribution < 1.29 is 29.4 Å². The summed E-state index contributed by atoms with van der Waals surface area (Å²) in [5, 5.41) is 19.6. The van der Waals surface area contributed by atoms with E-state index < -0.39 is 17.0 Å². The fourth-order valence-corrected chi connectivity index (χ4v) is 5.19. The van der Waals surface area contributed by atoms with E-state index in [0.717, 1.165) is 27.8 Å². The van der Waals surface area contributed by atoms with E-state index in [2.05, 4.69) is 0 Å². The van der Waals surface area contributed by atoms with E-state index >= 15 is 0 Å². The van der Waals surface area contributed by atoms with E-state index in [1.54, 1.807) is 24.3 Å². The van der Waals surface area contributed by atoms with Crippen LogP contribution in [-0.4, -0.2) is 44.5 Å². The van der Waals surface area contributed by atoms with Crippen LogP contribution in [-0.2, 0) is 16.0 Å². The van der Waals surface area contributed by atoms with Crippen molar-refractivity contribution in [3.63, 3.8) is 0 Å². The number of benzene rings is 3. The third-order valence-corrected chi connectivity index (χ3v) is 7.36. The molecule has 0 aromatic heterocycles. The summed E-state index contributed by atoms with van der Waals surface area (Å²) in [6.07, 6.45) is 5.78. The molecule has 0 amide bonds. The maximum atomic E-state index is 12.6. The van der Waals surface area contributed by atoms with Crippen molar-refractivity contribution in [1.29, 1.82) is 0 Å². The lowest BCUT2D eigenvalue weighted by Gasteiger charge is -2.20. The van der Waals surface area contributed by atoms with Crippen molar-refractivity contribution >= 4 is 34.8 Å². The van der Waals surface area contributed by atoms with Gasteiger partial charge in [0.15, 0.2) is 23.1 Å². The molecule has 0 bridgehead atoms.